The van der Waals surface area contributed by atoms with Crippen LogP contribution in [0.2, 0.25) is 0 Å². The second-order valence-corrected chi connectivity index (χ2v) is 4.28. The Morgan fingerprint density at radius 3 is 2.65 bits per heavy atom. The van der Waals surface area contributed by atoms with Crippen LogP contribution in [-0.2, 0) is 5.60 Å². The van der Waals surface area contributed by atoms with E-state index < -0.39 is 5.60 Å². The van der Waals surface area contributed by atoms with Crippen LogP contribution in [0.3, 0.4) is 0 Å². The first-order valence-electron chi connectivity index (χ1n) is 5.41. The maximum atomic E-state index is 12.2. The van der Waals surface area contributed by atoms with Crippen molar-refractivity contribution in [1.29, 1.82) is 0 Å². The van der Waals surface area contributed by atoms with Gasteiger partial charge in [0.1, 0.15) is 0 Å². The number of hydrogen-bond donors (Lipinski definition) is 1. The zero-order valence-electron chi connectivity index (χ0n) is 9.10. The molecule has 17 heavy (non-hydrogen) atoms. The molecule has 0 amide bonds. The van der Waals surface area contributed by atoms with Crippen molar-refractivity contribution in [3.05, 3.63) is 47.5 Å². The normalized spacial score (nSPS) is 21.8. The van der Waals surface area contributed by atoms with Crippen LogP contribution in [0.15, 0.2) is 36.4 Å². The molecule has 3 rings (SSSR count). The van der Waals surface area contributed by atoms with Crippen molar-refractivity contribution < 1.29 is 9.90 Å². The van der Waals surface area contributed by atoms with Crippen molar-refractivity contribution in [3.63, 3.8) is 0 Å². The molecule has 2 aromatic rings. The molecule has 1 N–H and O–H groups in total. The van der Waals surface area contributed by atoms with E-state index in [1.807, 2.05) is 24.3 Å². The lowest BCUT2D eigenvalue weighted by Gasteiger charge is -2.19. The lowest BCUT2D eigenvalue weighted by Crippen LogP contribution is -2.31. The minimum atomic E-state index is -1.54. The summed E-state index contributed by atoms with van der Waals surface area (Å²) >= 11 is 0. The molecule has 1 atom stereocenters. The summed E-state index contributed by atoms with van der Waals surface area (Å²) in [6.07, 6.45) is 5.27. The van der Waals surface area contributed by atoms with Crippen LogP contribution in [0.1, 0.15) is 22.3 Å². The Morgan fingerprint density at radius 1 is 1.24 bits per heavy atom. The van der Waals surface area contributed by atoms with Crippen LogP contribution in [0.25, 0.3) is 10.8 Å². The summed E-state index contributed by atoms with van der Waals surface area (Å²) < 4.78 is 0. The van der Waals surface area contributed by atoms with Crippen LogP contribution in [0.5, 0.6) is 0 Å². The van der Waals surface area contributed by atoms with Gasteiger partial charge in [0.25, 0.3) is 0 Å². The van der Waals surface area contributed by atoms with Gasteiger partial charge < -0.3 is 5.11 Å². The Bertz CT molecular complexity index is 674. The van der Waals surface area contributed by atoms with Gasteiger partial charge in [0.05, 0.1) is 0 Å². The average molecular weight is 222 g/mol. The monoisotopic (exact) mass is 222 g/mol. The van der Waals surface area contributed by atoms with Crippen LogP contribution in [-0.4, -0.2) is 10.9 Å². The van der Waals surface area contributed by atoms with Gasteiger partial charge in [-0.15, -0.1) is 12.3 Å². The molecule has 1 aliphatic rings. The Labute approximate surface area is 98.9 Å². The van der Waals surface area contributed by atoms with Crippen LogP contribution >= 0.6 is 0 Å². The SMILES string of the molecule is C#CCC1(O)C(=O)c2cccc3cccc1c23. The van der Waals surface area contributed by atoms with Crippen LogP contribution in [0, 0.1) is 12.3 Å². The molecular formula is C15H10O2. The fraction of sp³-hybridized carbons (Fsp3) is 0.133. The van der Waals surface area contributed by atoms with Gasteiger partial charge in [0.2, 0.25) is 5.78 Å². The molecular weight excluding hydrogens is 212 g/mol. The first-order valence-corrected chi connectivity index (χ1v) is 5.41. The van der Waals surface area contributed by atoms with Gasteiger partial charge in [-0.1, -0.05) is 36.4 Å². The highest BCUT2D eigenvalue weighted by Crippen LogP contribution is 2.42. The van der Waals surface area contributed by atoms with E-state index >= 15 is 0 Å². The average Bonchev–Trinajstić information content (AvgIpc) is 2.55. The van der Waals surface area contributed by atoms with E-state index in [9.17, 15) is 9.90 Å². The summed E-state index contributed by atoms with van der Waals surface area (Å²) in [6.45, 7) is 0. The second-order valence-electron chi connectivity index (χ2n) is 4.28. The number of carbonyl (C=O) groups is 1. The van der Waals surface area contributed by atoms with E-state index in [0.29, 0.717) is 11.1 Å². The van der Waals surface area contributed by atoms with Gasteiger partial charge in [0, 0.05) is 17.5 Å². The van der Waals surface area contributed by atoms with E-state index in [1.54, 1.807) is 12.1 Å². The summed E-state index contributed by atoms with van der Waals surface area (Å²) in [5, 5.41) is 12.3. The van der Waals surface area contributed by atoms with Crippen LogP contribution in [0.4, 0.5) is 0 Å². The predicted octanol–water partition coefficient (Wildman–Crippen LogP) is 2.25. The summed E-state index contributed by atoms with van der Waals surface area (Å²) in [5.41, 5.74) is -0.345. The molecule has 0 spiro atoms. The maximum absolute atomic E-state index is 12.2. The lowest BCUT2D eigenvalue weighted by molar-refractivity contribution is 0.0357. The summed E-state index contributed by atoms with van der Waals surface area (Å²) in [4.78, 5) is 12.2. The zero-order valence-corrected chi connectivity index (χ0v) is 9.10. The minimum absolute atomic E-state index is 0.0135. The molecule has 0 saturated heterocycles. The number of hydrogen-bond acceptors (Lipinski definition) is 2. The first-order chi connectivity index (χ1) is 8.18. The molecule has 1 aliphatic carbocycles. The van der Waals surface area contributed by atoms with Gasteiger partial charge in [-0.05, 0) is 10.8 Å². The Balaban J connectivity index is 2.43. The van der Waals surface area contributed by atoms with Crippen molar-refractivity contribution in [2.75, 3.05) is 0 Å². The highest BCUT2D eigenvalue weighted by Gasteiger charge is 2.45. The molecule has 0 aliphatic heterocycles. The fourth-order valence-electron chi connectivity index (χ4n) is 2.54. The molecule has 0 aromatic heterocycles. The molecule has 0 radical (unpaired) electrons. The highest BCUT2D eigenvalue weighted by atomic mass is 16.3. The summed E-state index contributed by atoms with van der Waals surface area (Å²) in [6, 6.07) is 11.0. The van der Waals surface area contributed by atoms with E-state index in [4.69, 9.17) is 6.42 Å². The second kappa shape index (κ2) is 3.19. The molecule has 0 fully saturated rings. The Morgan fingerprint density at radius 2 is 1.94 bits per heavy atom. The van der Waals surface area contributed by atoms with E-state index in [-0.39, 0.29) is 12.2 Å². The highest BCUT2D eigenvalue weighted by molar-refractivity contribution is 6.19. The third-order valence-electron chi connectivity index (χ3n) is 3.33. The molecule has 82 valence electrons. The van der Waals surface area contributed by atoms with Gasteiger partial charge in [-0.2, -0.15) is 0 Å². The van der Waals surface area contributed by atoms with Gasteiger partial charge in [0.15, 0.2) is 5.60 Å². The number of rotatable bonds is 1. The Hall–Kier alpha value is -2.11. The Kier molecular flexibility index (Phi) is 1.89. The van der Waals surface area contributed by atoms with Crippen molar-refractivity contribution in [2.45, 2.75) is 12.0 Å². The topological polar surface area (TPSA) is 37.3 Å². The molecule has 1 unspecified atom stereocenters. The van der Waals surface area contributed by atoms with Crippen molar-refractivity contribution in [3.8, 4) is 12.3 Å². The van der Waals surface area contributed by atoms with Crippen molar-refractivity contribution in [1.82, 2.24) is 0 Å². The summed E-state index contributed by atoms with van der Waals surface area (Å²) in [7, 11) is 0. The van der Waals surface area contributed by atoms with E-state index in [2.05, 4.69) is 5.92 Å². The maximum Gasteiger partial charge on any atom is 0.200 e. The van der Waals surface area contributed by atoms with Gasteiger partial charge >= 0.3 is 0 Å². The first kappa shape index (κ1) is 10.1. The molecule has 2 aromatic carbocycles. The van der Waals surface area contributed by atoms with Crippen molar-refractivity contribution in [2.24, 2.45) is 0 Å². The number of benzene rings is 2. The van der Waals surface area contributed by atoms with Crippen LogP contribution < -0.4 is 0 Å². The quantitative estimate of drug-likeness (QED) is 0.751. The van der Waals surface area contributed by atoms with E-state index in [1.165, 1.54) is 0 Å². The zero-order chi connectivity index (χ0) is 12.0. The predicted molar refractivity (Wildman–Crippen MR) is 65.6 cm³/mol. The number of carbonyl (C=O) groups excluding carboxylic acids is 1. The third-order valence-corrected chi connectivity index (χ3v) is 3.33. The fourth-order valence-corrected chi connectivity index (χ4v) is 2.54. The number of ketones is 1. The summed E-state index contributed by atoms with van der Waals surface area (Å²) in [5.74, 6) is 2.10. The minimum Gasteiger partial charge on any atom is -0.376 e. The standard InChI is InChI=1S/C15H10O2/c1-2-9-15(17)12-8-4-6-10-5-3-7-11(13(10)12)14(15)16/h1,3-8,17H,9H2. The molecule has 0 heterocycles. The van der Waals surface area contributed by atoms with E-state index in [0.717, 1.165) is 10.8 Å². The van der Waals surface area contributed by atoms with Crippen molar-refractivity contribution >= 4 is 16.6 Å². The number of terminal acetylenes is 1. The third kappa shape index (κ3) is 1.12. The largest absolute Gasteiger partial charge is 0.376 e. The molecule has 2 nitrogen and oxygen atoms in total. The number of aliphatic hydroxyl groups is 1. The lowest BCUT2D eigenvalue weighted by atomic mass is 9.91. The van der Waals surface area contributed by atoms with Gasteiger partial charge in [-0.3, -0.25) is 4.79 Å². The smallest absolute Gasteiger partial charge is 0.200 e. The molecule has 0 bridgehead atoms. The molecule has 0 saturated carbocycles. The van der Waals surface area contributed by atoms with Gasteiger partial charge in [-0.25, -0.2) is 0 Å². The molecule has 2 heteroatoms. The number of Topliss-reactive ketones (excluding diaryl/α,β-unsaturated/α-hetero) is 1.